The number of benzene rings is 1. The molecule has 1 saturated heterocycles. The van der Waals surface area contributed by atoms with Gasteiger partial charge in [-0.3, -0.25) is 4.79 Å². The molecule has 20 heavy (non-hydrogen) atoms. The van der Waals surface area contributed by atoms with E-state index in [4.69, 9.17) is 0 Å². The van der Waals surface area contributed by atoms with Crippen LogP contribution in [-0.4, -0.2) is 39.1 Å². The monoisotopic (exact) mass is 273 g/mol. The number of fused-ring (bicyclic) bond motifs is 1. The molecule has 1 fully saturated rings. The van der Waals surface area contributed by atoms with Gasteiger partial charge in [-0.2, -0.15) is 0 Å². The molecule has 1 N–H and O–H groups in total. The average molecular weight is 273 g/mol. The maximum Gasteiger partial charge on any atom is 0.233 e. The molecule has 4 nitrogen and oxygen atoms in total. The van der Waals surface area contributed by atoms with Crippen molar-refractivity contribution >= 4 is 17.3 Å². The predicted molar refractivity (Wildman–Crippen MR) is 82.3 cm³/mol. The van der Waals surface area contributed by atoms with Gasteiger partial charge in [0.1, 0.15) is 0 Å². The molecule has 3 rings (SSSR count). The Balaban J connectivity index is 1.91. The van der Waals surface area contributed by atoms with Gasteiger partial charge in [0.25, 0.3) is 0 Å². The minimum Gasteiger partial charge on any atom is -0.371 e. The molecular formula is C16H23N3O. The summed E-state index contributed by atoms with van der Waals surface area (Å²) in [4.78, 5) is 17.3. The van der Waals surface area contributed by atoms with Crippen LogP contribution in [0.2, 0.25) is 0 Å². The Morgan fingerprint density at radius 1 is 1.15 bits per heavy atom. The van der Waals surface area contributed by atoms with E-state index in [-0.39, 0.29) is 5.41 Å². The second kappa shape index (κ2) is 5.09. The molecule has 1 amide bonds. The first-order valence-electron chi connectivity index (χ1n) is 7.45. The van der Waals surface area contributed by atoms with E-state index in [1.165, 1.54) is 0 Å². The van der Waals surface area contributed by atoms with Gasteiger partial charge in [-0.15, -0.1) is 0 Å². The van der Waals surface area contributed by atoms with Crippen molar-refractivity contribution in [1.29, 1.82) is 0 Å². The molecule has 108 valence electrons. The maximum atomic E-state index is 13.0. The summed E-state index contributed by atoms with van der Waals surface area (Å²) in [6, 6.07) is 8.21. The number of hydrogen-bond donors (Lipinski definition) is 1. The van der Waals surface area contributed by atoms with Gasteiger partial charge in [-0.05, 0) is 38.1 Å². The van der Waals surface area contributed by atoms with Crippen molar-refractivity contribution in [3.05, 3.63) is 24.3 Å². The van der Waals surface area contributed by atoms with Gasteiger partial charge in [0.05, 0.1) is 11.4 Å². The van der Waals surface area contributed by atoms with Crippen LogP contribution < -0.4 is 15.1 Å². The Kier molecular flexibility index (Phi) is 3.42. The zero-order valence-corrected chi connectivity index (χ0v) is 12.4. The fraction of sp³-hybridized carbons (Fsp3) is 0.562. The van der Waals surface area contributed by atoms with Crippen LogP contribution in [0.15, 0.2) is 24.3 Å². The van der Waals surface area contributed by atoms with E-state index in [0.717, 1.165) is 50.4 Å². The molecule has 0 spiro atoms. The van der Waals surface area contributed by atoms with Crippen LogP contribution in [0.5, 0.6) is 0 Å². The summed E-state index contributed by atoms with van der Waals surface area (Å²) in [5.74, 6) is 0.291. The molecule has 0 radical (unpaired) electrons. The highest BCUT2D eigenvalue weighted by atomic mass is 16.2. The van der Waals surface area contributed by atoms with Crippen LogP contribution in [-0.2, 0) is 4.79 Å². The topological polar surface area (TPSA) is 35.6 Å². The molecule has 0 aliphatic carbocycles. The number of nitrogens with one attached hydrogen (secondary N) is 1. The molecule has 0 atom stereocenters. The molecule has 2 aliphatic rings. The summed E-state index contributed by atoms with van der Waals surface area (Å²) in [5, 5.41) is 3.34. The number of nitrogens with zero attached hydrogens (tertiary/aromatic N) is 2. The molecule has 1 aromatic carbocycles. The van der Waals surface area contributed by atoms with E-state index in [0.29, 0.717) is 5.91 Å². The van der Waals surface area contributed by atoms with Crippen LogP contribution in [0.4, 0.5) is 11.4 Å². The van der Waals surface area contributed by atoms with Crippen LogP contribution in [0.25, 0.3) is 0 Å². The lowest BCUT2D eigenvalue weighted by molar-refractivity contribution is -0.128. The number of carbonyl (C=O) groups excluding carboxylic acids is 1. The van der Waals surface area contributed by atoms with E-state index in [1.807, 2.05) is 17.0 Å². The highest BCUT2D eigenvalue weighted by Crippen LogP contribution is 2.37. The number of amides is 1. The van der Waals surface area contributed by atoms with Crippen molar-refractivity contribution < 1.29 is 4.79 Å². The van der Waals surface area contributed by atoms with Gasteiger partial charge in [-0.1, -0.05) is 19.1 Å². The van der Waals surface area contributed by atoms with E-state index >= 15 is 0 Å². The fourth-order valence-corrected chi connectivity index (χ4v) is 3.24. The van der Waals surface area contributed by atoms with Crippen molar-refractivity contribution in [1.82, 2.24) is 5.32 Å². The Labute approximate surface area is 120 Å². The summed E-state index contributed by atoms with van der Waals surface area (Å²) >= 11 is 0. The Morgan fingerprint density at radius 3 is 2.50 bits per heavy atom. The largest absolute Gasteiger partial charge is 0.371 e. The highest BCUT2D eigenvalue weighted by Gasteiger charge is 2.39. The molecular weight excluding hydrogens is 250 g/mol. The summed E-state index contributed by atoms with van der Waals surface area (Å²) < 4.78 is 0. The van der Waals surface area contributed by atoms with Gasteiger partial charge >= 0.3 is 0 Å². The average Bonchev–Trinajstić information content (AvgIpc) is 2.48. The minimum atomic E-state index is -0.214. The molecule has 4 heteroatoms. The molecule has 2 aliphatic heterocycles. The van der Waals surface area contributed by atoms with E-state index in [9.17, 15) is 4.79 Å². The Morgan fingerprint density at radius 2 is 1.80 bits per heavy atom. The third kappa shape index (κ3) is 2.18. The fourth-order valence-electron chi connectivity index (χ4n) is 3.24. The first-order valence-corrected chi connectivity index (χ1v) is 7.45. The number of piperidine rings is 1. The minimum absolute atomic E-state index is 0.214. The number of likely N-dealkylation sites (N-methyl/N-ethyl adjacent to an activating group) is 1. The van der Waals surface area contributed by atoms with Crippen LogP contribution in [0.1, 0.15) is 19.8 Å². The van der Waals surface area contributed by atoms with Crippen molar-refractivity contribution in [3.63, 3.8) is 0 Å². The summed E-state index contributed by atoms with van der Waals surface area (Å²) in [6.45, 7) is 5.69. The molecule has 0 unspecified atom stereocenters. The van der Waals surface area contributed by atoms with Gasteiger partial charge in [0.2, 0.25) is 5.91 Å². The number of rotatable bonds is 1. The zero-order valence-electron chi connectivity index (χ0n) is 12.4. The number of para-hydroxylation sites is 2. The molecule has 0 bridgehead atoms. The van der Waals surface area contributed by atoms with Gasteiger partial charge in [0, 0.05) is 25.6 Å². The van der Waals surface area contributed by atoms with E-state index in [2.05, 4.69) is 36.3 Å². The predicted octanol–water partition coefficient (Wildman–Crippen LogP) is 1.86. The zero-order chi connectivity index (χ0) is 14.2. The molecule has 1 aromatic rings. The first-order chi connectivity index (χ1) is 9.62. The lowest BCUT2D eigenvalue weighted by Gasteiger charge is -2.41. The van der Waals surface area contributed by atoms with E-state index in [1.54, 1.807) is 0 Å². The highest BCUT2D eigenvalue weighted by molar-refractivity contribution is 6.01. The third-order valence-electron chi connectivity index (χ3n) is 4.71. The SMILES string of the molecule is CN1CCN(C(=O)C2(C)CCNCC2)c2ccccc21. The Hall–Kier alpha value is -1.55. The van der Waals surface area contributed by atoms with Crippen LogP contribution >= 0.6 is 0 Å². The number of hydrogen-bond acceptors (Lipinski definition) is 3. The van der Waals surface area contributed by atoms with Crippen LogP contribution in [0, 0.1) is 5.41 Å². The third-order valence-corrected chi connectivity index (χ3v) is 4.71. The lowest BCUT2D eigenvalue weighted by atomic mass is 9.79. The number of carbonyl (C=O) groups is 1. The van der Waals surface area contributed by atoms with Crippen molar-refractivity contribution in [2.45, 2.75) is 19.8 Å². The van der Waals surface area contributed by atoms with Gasteiger partial charge in [0.15, 0.2) is 0 Å². The van der Waals surface area contributed by atoms with E-state index < -0.39 is 0 Å². The lowest BCUT2D eigenvalue weighted by Crippen LogP contribution is -2.51. The van der Waals surface area contributed by atoms with Gasteiger partial charge in [-0.25, -0.2) is 0 Å². The second-order valence-electron chi connectivity index (χ2n) is 6.18. The van der Waals surface area contributed by atoms with Gasteiger partial charge < -0.3 is 15.1 Å². The van der Waals surface area contributed by atoms with Crippen molar-refractivity contribution in [3.8, 4) is 0 Å². The molecule has 0 saturated carbocycles. The normalized spacial score (nSPS) is 21.5. The maximum absolute atomic E-state index is 13.0. The number of anilines is 2. The Bertz CT molecular complexity index is 508. The second-order valence-corrected chi connectivity index (χ2v) is 6.18. The summed E-state index contributed by atoms with van der Waals surface area (Å²) in [5.41, 5.74) is 2.00. The summed E-state index contributed by atoms with van der Waals surface area (Å²) in [6.07, 6.45) is 1.86. The quantitative estimate of drug-likeness (QED) is 0.848. The summed E-state index contributed by atoms with van der Waals surface area (Å²) in [7, 11) is 2.09. The van der Waals surface area contributed by atoms with Crippen LogP contribution in [0.3, 0.4) is 0 Å². The van der Waals surface area contributed by atoms with Crippen molar-refractivity contribution in [2.24, 2.45) is 5.41 Å². The molecule has 2 heterocycles. The first kappa shape index (κ1) is 13.4. The smallest absolute Gasteiger partial charge is 0.233 e. The van der Waals surface area contributed by atoms with Crippen molar-refractivity contribution in [2.75, 3.05) is 43.0 Å². The standard InChI is InChI=1S/C16H23N3O/c1-16(7-9-17-10-8-16)15(20)19-12-11-18(2)13-5-3-4-6-14(13)19/h3-6,17H,7-12H2,1-2H3. The molecule has 0 aromatic heterocycles.